The molecule has 0 unspecified atom stereocenters. The van der Waals surface area contributed by atoms with Crippen molar-refractivity contribution in [2.75, 3.05) is 21.3 Å². The van der Waals surface area contributed by atoms with Crippen LogP contribution in [-0.4, -0.2) is 32.8 Å². The summed E-state index contributed by atoms with van der Waals surface area (Å²) >= 11 is 0. The standard InChI is InChI=1S/C19H25NO4/c1-7-19(8-2,9-3)20-17(21)11-10-14-12-15(22-4)18(24-6)16(13-14)23-5/h1,10-13H,8-9H2,2-6H3,(H,20,21)/b11-10+. The van der Waals surface area contributed by atoms with Crippen molar-refractivity contribution >= 4 is 12.0 Å². The van der Waals surface area contributed by atoms with Gasteiger partial charge in [0.15, 0.2) is 11.5 Å². The highest BCUT2D eigenvalue weighted by Crippen LogP contribution is 2.38. The first-order valence-corrected chi connectivity index (χ1v) is 7.77. The molecule has 0 bridgehead atoms. The molecule has 1 N–H and O–H groups in total. The van der Waals surface area contributed by atoms with E-state index in [1.807, 2.05) is 13.8 Å². The second-order valence-electron chi connectivity index (χ2n) is 5.21. The fourth-order valence-electron chi connectivity index (χ4n) is 2.31. The molecule has 1 aromatic carbocycles. The fraction of sp³-hybridized carbons (Fsp3) is 0.421. The lowest BCUT2D eigenvalue weighted by atomic mass is 9.94. The van der Waals surface area contributed by atoms with E-state index in [1.165, 1.54) is 13.2 Å². The van der Waals surface area contributed by atoms with Crippen LogP contribution in [-0.2, 0) is 4.79 Å². The van der Waals surface area contributed by atoms with Crippen LogP contribution in [0.2, 0.25) is 0 Å². The number of benzene rings is 1. The molecule has 0 aliphatic carbocycles. The van der Waals surface area contributed by atoms with E-state index < -0.39 is 5.54 Å². The minimum absolute atomic E-state index is 0.245. The average molecular weight is 331 g/mol. The molecule has 0 saturated heterocycles. The minimum atomic E-state index is -0.614. The Hall–Kier alpha value is -2.61. The molecule has 1 amide bonds. The Balaban J connectivity index is 3.02. The van der Waals surface area contributed by atoms with Crippen molar-refractivity contribution in [2.45, 2.75) is 32.2 Å². The Kier molecular flexibility index (Phi) is 7.19. The zero-order chi connectivity index (χ0) is 18.2. The van der Waals surface area contributed by atoms with E-state index in [2.05, 4.69) is 11.2 Å². The van der Waals surface area contributed by atoms with Gasteiger partial charge in [0.25, 0.3) is 0 Å². The van der Waals surface area contributed by atoms with Gasteiger partial charge in [-0.15, -0.1) is 6.42 Å². The molecule has 0 fully saturated rings. The first-order valence-electron chi connectivity index (χ1n) is 7.77. The van der Waals surface area contributed by atoms with E-state index in [4.69, 9.17) is 20.6 Å². The summed E-state index contributed by atoms with van der Waals surface area (Å²) in [5, 5.41) is 2.88. The molecule has 0 spiro atoms. The van der Waals surface area contributed by atoms with Gasteiger partial charge in [0, 0.05) is 6.08 Å². The van der Waals surface area contributed by atoms with Crippen LogP contribution in [0.15, 0.2) is 18.2 Å². The third kappa shape index (κ3) is 4.45. The van der Waals surface area contributed by atoms with Gasteiger partial charge in [-0.2, -0.15) is 0 Å². The summed E-state index contributed by atoms with van der Waals surface area (Å²) in [7, 11) is 4.63. The number of nitrogens with one attached hydrogen (secondary N) is 1. The summed E-state index contributed by atoms with van der Waals surface area (Å²) in [4.78, 5) is 12.2. The fourth-order valence-corrected chi connectivity index (χ4v) is 2.31. The first kappa shape index (κ1) is 19.4. The van der Waals surface area contributed by atoms with Gasteiger partial charge in [0.2, 0.25) is 11.7 Å². The summed E-state index contributed by atoms with van der Waals surface area (Å²) in [5.41, 5.74) is 0.135. The SMILES string of the molecule is C#CC(CC)(CC)NC(=O)/C=C/c1cc(OC)c(OC)c(OC)c1. The second kappa shape index (κ2) is 8.88. The summed E-state index contributed by atoms with van der Waals surface area (Å²) < 4.78 is 15.9. The van der Waals surface area contributed by atoms with E-state index in [0.29, 0.717) is 30.1 Å². The number of terminal acetylenes is 1. The molecular formula is C19H25NO4. The third-order valence-corrected chi connectivity index (χ3v) is 3.96. The van der Waals surface area contributed by atoms with Gasteiger partial charge in [-0.25, -0.2) is 0 Å². The predicted octanol–water partition coefficient (Wildman–Crippen LogP) is 3.03. The van der Waals surface area contributed by atoms with Crippen molar-refractivity contribution in [1.29, 1.82) is 0 Å². The Morgan fingerprint density at radius 3 is 2.08 bits per heavy atom. The van der Waals surface area contributed by atoms with Gasteiger partial charge in [-0.1, -0.05) is 19.8 Å². The maximum Gasteiger partial charge on any atom is 0.245 e. The maximum absolute atomic E-state index is 12.2. The van der Waals surface area contributed by atoms with Crippen molar-refractivity contribution in [3.05, 3.63) is 23.8 Å². The number of ether oxygens (including phenoxy) is 3. The minimum Gasteiger partial charge on any atom is -0.493 e. The number of hydrogen-bond acceptors (Lipinski definition) is 4. The van der Waals surface area contributed by atoms with Gasteiger partial charge in [0.1, 0.15) is 5.54 Å². The number of methoxy groups -OCH3 is 3. The number of carbonyl (C=O) groups is 1. The van der Waals surface area contributed by atoms with Crippen LogP contribution in [0.1, 0.15) is 32.3 Å². The molecule has 5 nitrogen and oxygen atoms in total. The number of carbonyl (C=O) groups excluding carboxylic acids is 1. The molecule has 0 aliphatic heterocycles. The molecule has 5 heteroatoms. The quantitative estimate of drug-likeness (QED) is 0.588. The van der Waals surface area contributed by atoms with E-state index >= 15 is 0 Å². The summed E-state index contributed by atoms with van der Waals surface area (Å²) in [6.45, 7) is 3.90. The van der Waals surface area contributed by atoms with Crippen molar-refractivity contribution in [3.8, 4) is 29.6 Å². The molecule has 0 atom stereocenters. The van der Waals surface area contributed by atoms with Crippen molar-refractivity contribution in [3.63, 3.8) is 0 Å². The molecule has 1 rings (SSSR count). The third-order valence-electron chi connectivity index (χ3n) is 3.96. The Bertz CT molecular complexity index is 614. The molecule has 1 aromatic rings. The first-order chi connectivity index (χ1) is 11.5. The maximum atomic E-state index is 12.2. The van der Waals surface area contributed by atoms with Crippen molar-refractivity contribution in [2.24, 2.45) is 0 Å². The van der Waals surface area contributed by atoms with Crippen LogP contribution >= 0.6 is 0 Å². The van der Waals surface area contributed by atoms with Gasteiger partial charge in [0.05, 0.1) is 21.3 Å². The van der Waals surface area contributed by atoms with Crippen LogP contribution in [0, 0.1) is 12.3 Å². The number of rotatable bonds is 8. The number of hydrogen-bond donors (Lipinski definition) is 1. The van der Waals surface area contributed by atoms with Crippen molar-refractivity contribution < 1.29 is 19.0 Å². The highest BCUT2D eigenvalue weighted by atomic mass is 16.5. The lowest BCUT2D eigenvalue weighted by Gasteiger charge is -2.26. The normalized spacial score (nSPS) is 11.0. The van der Waals surface area contributed by atoms with E-state index in [-0.39, 0.29) is 5.91 Å². The van der Waals surface area contributed by atoms with Crippen LogP contribution < -0.4 is 19.5 Å². The van der Waals surface area contributed by atoms with Crippen LogP contribution in [0.5, 0.6) is 17.2 Å². The summed E-state index contributed by atoms with van der Waals surface area (Å²) in [6, 6.07) is 3.53. The Labute approximate surface area is 144 Å². The van der Waals surface area contributed by atoms with Gasteiger partial charge in [-0.3, -0.25) is 4.79 Å². The predicted molar refractivity (Wildman–Crippen MR) is 95.4 cm³/mol. The van der Waals surface area contributed by atoms with Gasteiger partial charge < -0.3 is 19.5 Å². The molecule has 0 aliphatic rings. The lowest BCUT2D eigenvalue weighted by Crippen LogP contribution is -2.45. The van der Waals surface area contributed by atoms with E-state index in [1.54, 1.807) is 32.4 Å². The zero-order valence-electron chi connectivity index (χ0n) is 14.9. The molecule has 0 saturated carbocycles. The zero-order valence-corrected chi connectivity index (χ0v) is 14.9. The Morgan fingerprint density at radius 2 is 1.71 bits per heavy atom. The highest BCUT2D eigenvalue weighted by Gasteiger charge is 2.24. The summed E-state index contributed by atoms with van der Waals surface area (Å²) in [5.74, 6) is 3.98. The highest BCUT2D eigenvalue weighted by molar-refractivity contribution is 5.92. The smallest absolute Gasteiger partial charge is 0.245 e. The van der Waals surface area contributed by atoms with Crippen LogP contribution in [0.25, 0.3) is 6.08 Å². The molecule has 0 heterocycles. The molecule has 0 aromatic heterocycles. The molecule has 24 heavy (non-hydrogen) atoms. The van der Waals surface area contributed by atoms with E-state index in [0.717, 1.165) is 5.56 Å². The largest absolute Gasteiger partial charge is 0.493 e. The monoisotopic (exact) mass is 331 g/mol. The van der Waals surface area contributed by atoms with Crippen LogP contribution in [0.3, 0.4) is 0 Å². The van der Waals surface area contributed by atoms with Crippen LogP contribution in [0.4, 0.5) is 0 Å². The molecular weight excluding hydrogens is 306 g/mol. The summed E-state index contributed by atoms with van der Waals surface area (Å²) in [6.07, 6.45) is 10.0. The van der Waals surface area contributed by atoms with Gasteiger partial charge >= 0.3 is 0 Å². The Morgan fingerprint density at radius 1 is 1.17 bits per heavy atom. The van der Waals surface area contributed by atoms with Gasteiger partial charge in [-0.05, 0) is 36.6 Å². The topological polar surface area (TPSA) is 56.8 Å². The molecule has 0 radical (unpaired) electrons. The lowest BCUT2D eigenvalue weighted by molar-refractivity contribution is -0.117. The number of amides is 1. The van der Waals surface area contributed by atoms with Crippen molar-refractivity contribution in [1.82, 2.24) is 5.32 Å². The average Bonchev–Trinajstić information content (AvgIpc) is 2.63. The second-order valence-corrected chi connectivity index (χ2v) is 5.21. The van der Waals surface area contributed by atoms with E-state index in [9.17, 15) is 4.79 Å². The molecule has 130 valence electrons.